The van der Waals surface area contributed by atoms with Gasteiger partial charge in [-0.25, -0.2) is 13.3 Å². The van der Waals surface area contributed by atoms with Gasteiger partial charge in [-0.3, -0.25) is 14.1 Å². The van der Waals surface area contributed by atoms with Gasteiger partial charge in [0.15, 0.2) is 0 Å². The van der Waals surface area contributed by atoms with Gasteiger partial charge in [-0.15, -0.1) is 0 Å². The van der Waals surface area contributed by atoms with E-state index in [2.05, 4.69) is 0 Å². The van der Waals surface area contributed by atoms with Gasteiger partial charge in [-0.1, -0.05) is 23.2 Å². The molecule has 1 heterocycles. The van der Waals surface area contributed by atoms with Crippen molar-refractivity contribution in [3.63, 3.8) is 0 Å². The molecule has 0 aromatic heterocycles. The molecule has 1 aliphatic carbocycles. The van der Waals surface area contributed by atoms with Crippen LogP contribution in [0.3, 0.4) is 0 Å². The Morgan fingerprint density at radius 3 is 2.41 bits per heavy atom. The third-order valence-electron chi connectivity index (χ3n) is 6.56. The molecule has 1 aliphatic heterocycles. The van der Waals surface area contributed by atoms with Crippen LogP contribution in [0.15, 0.2) is 30.3 Å². The molecule has 2 fully saturated rings. The molecular formula is C24H25Cl2FN2O4S. The van der Waals surface area contributed by atoms with E-state index in [0.717, 1.165) is 43.2 Å². The quantitative estimate of drug-likeness (QED) is 0.475. The minimum atomic E-state index is -2.55. The Morgan fingerprint density at radius 1 is 1.09 bits per heavy atom. The lowest BCUT2D eigenvalue weighted by atomic mass is 9.88. The Balaban J connectivity index is 1.37. The monoisotopic (exact) mass is 526 g/mol. The van der Waals surface area contributed by atoms with Crippen molar-refractivity contribution >= 4 is 46.3 Å². The largest absolute Gasteiger partial charge is 0.339 e. The highest BCUT2D eigenvalue weighted by Crippen LogP contribution is 2.43. The van der Waals surface area contributed by atoms with Crippen molar-refractivity contribution in [2.45, 2.75) is 44.4 Å². The topological polar surface area (TPSA) is 86.7 Å². The van der Waals surface area contributed by atoms with Crippen LogP contribution in [0.5, 0.6) is 0 Å². The minimum Gasteiger partial charge on any atom is -0.339 e. The Kier molecular flexibility index (Phi) is 7.92. The Hall–Kier alpha value is -2.00. The number of carbonyl (C=O) groups is 2. The summed E-state index contributed by atoms with van der Waals surface area (Å²) < 4.78 is 36.2. The van der Waals surface area contributed by atoms with Gasteiger partial charge in [0.05, 0.1) is 16.1 Å². The zero-order valence-corrected chi connectivity index (χ0v) is 20.7. The second-order valence-electron chi connectivity index (χ2n) is 8.88. The van der Waals surface area contributed by atoms with E-state index >= 15 is 0 Å². The molecule has 34 heavy (non-hydrogen) atoms. The lowest BCUT2D eigenvalue weighted by molar-refractivity contribution is 0.0687. The summed E-state index contributed by atoms with van der Waals surface area (Å²) in [6.07, 6.45) is 5.20. The van der Waals surface area contributed by atoms with Gasteiger partial charge in [0, 0.05) is 18.1 Å². The summed E-state index contributed by atoms with van der Waals surface area (Å²) in [5, 5.41) is 0.830. The maximum Gasteiger partial charge on any atom is 0.267 e. The van der Waals surface area contributed by atoms with E-state index in [1.165, 1.54) is 12.1 Å². The number of piperidine rings is 1. The van der Waals surface area contributed by atoms with Gasteiger partial charge < -0.3 is 4.90 Å². The number of aryl methyl sites for hydroxylation is 1. The van der Waals surface area contributed by atoms with Gasteiger partial charge >= 0.3 is 0 Å². The first kappa shape index (κ1) is 25.1. The number of hydrogen-bond donors (Lipinski definition) is 2. The molecule has 0 spiro atoms. The van der Waals surface area contributed by atoms with Crippen LogP contribution in [0.1, 0.15) is 69.9 Å². The van der Waals surface area contributed by atoms with Crippen molar-refractivity contribution in [3.8, 4) is 0 Å². The highest BCUT2D eigenvalue weighted by molar-refractivity contribution is 7.77. The molecule has 1 saturated carbocycles. The van der Waals surface area contributed by atoms with Crippen molar-refractivity contribution in [1.82, 2.24) is 9.62 Å². The number of halogens is 3. The summed E-state index contributed by atoms with van der Waals surface area (Å²) in [5.41, 5.74) is 2.07. The number of nitrogens with zero attached hydrogens (tertiary/aromatic N) is 1. The van der Waals surface area contributed by atoms with E-state index in [9.17, 15) is 18.2 Å². The summed E-state index contributed by atoms with van der Waals surface area (Å²) in [7, 11) is 0. The molecule has 2 amide bonds. The Morgan fingerprint density at radius 2 is 1.79 bits per heavy atom. The fraction of sp³-hybridized carbons (Fsp3) is 0.417. The normalized spacial score (nSPS) is 17.5. The van der Waals surface area contributed by atoms with Gasteiger partial charge in [-0.05, 0) is 91.8 Å². The zero-order chi connectivity index (χ0) is 24.4. The molecule has 2 N–H and O–H groups in total. The van der Waals surface area contributed by atoms with Crippen LogP contribution in [-0.2, 0) is 17.7 Å². The summed E-state index contributed by atoms with van der Waals surface area (Å²) in [6.45, 7) is 1.26. The SMILES string of the molecule is O=C(NS(=O)O)c1cc(C2CC2)c(CCC2CCN(C(=O)c3ccc(Cl)cc3Cl)CC2)cc1F. The number of amides is 2. The van der Waals surface area contributed by atoms with Gasteiger partial charge in [0.2, 0.25) is 0 Å². The zero-order valence-electron chi connectivity index (χ0n) is 18.4. The van der Waals surface area contributed by atoms with Gasteiger partial charge in [-0.2, -0.15) is 0 Å². The maximum atomic E-state index is 14.6. The lowest BCUT2D eigenvalue weighted by Gasteiger charge is -2.32. The standard InChI is InChI=1S/C24H25Cl2FN2O4S/c25-17-5-6-18(21(26)12-17)24(31)29-9-7-14(8-10-29)1-2-16-11-22(27)20(23(30)28-34(32)33)13-19(16)15-3-4-15/h5-6,11-15H,1-4,7-10H2,(H,28,30)(H,32,33). The van der Waals surface area contributed by atoms with Crippen molar-refractivity contribution < 1.29 is 22.7 Å². The molecule has 1 saturated heterocycles. The van der Waals surface area contributed by atoms with E-state index in [-0.39, 0.29) is 11.5 Å². The molecule has 6 nitrogen and oxygen atoms in total. The first-order valence-corrected chi connectivity index (χ1v) is 13.1. The maximum absolute atomic E-state index is 14.6. The van der Waals surface area contributed by atoms with Crippen molar-refractivity contribution in [2.24, 2.45) is 5.92 Å². The van der Waals surface area contributed by atoms with Crippen LogP contribution in [0.25, 0.3) is 0 Å². The number of benzene rings is 2. The fourth-order valence-corrected chi connectivity index (χ4v) is 5.31. The predicted octanol–water partition coefficient (Wildman–Crippen LogP) is 5.36. The summed E-state index contributed by atoms with van der Waals surface area (Å²) >= 11 is 9.57. The summed E-state index contributed by atoms with van der Waals surface area (Å²) in [5.74, 6) is -0.992. The van der Waals surface area contributed by atoms with Crippen LogP contribution in [-0.4, -0.2) is 38.6 Å². The van der Waals surface area contributed by atoms with Crippen molar-refractivity contribution in [3.05, 3.63) is 68.4 Å². The van der Waals surface area contributed by atoms with E-state index in [1.807, 2.05) is 4.72 Å². The van der Waals surface area contributed by atoms with Crippen molar-refractivity contribution in [2.75, 3.05) is 13.1 Å². The van der Waals surface area contributed by atoms with Crippen LogP contribution < -0.4 is 4.72 Å². The van der Waals surface area contributed by atoms with E-state index < -0.39 is 23.0 Å². The smallest absolute Gasteiger partial charge is 0.267 e. The number of nitrogens with one attached hydrogen (secondary N) is 1. The van der Waals surface area contributed by atoms with Crippen LogP contribution >= 0.6 is 23.2 Å². The van der Waals surface area contributed by atoms with Gasteiger partial charge in [0.1, 0.15) is 5.82 Å². The van der Waals surface area contributed by atoms with Crippen molar-refractivity contribution in [1.29, 1.82) is 0 Å². The molecule has 1 atom stereocenters. The average Bonchev–Trinajstić information content (AvgIpc) is 3.62. The molecular weight excluding hydrogens is 502 g/mol. The summed E-state index contributed by atoms with van der Waals surface area (Å²) in [6, 6.07) is 7.79. The Bertz CT molecular complexity index is 1130. The molecule has 4 rings (SSSR count). The summed E-state index contributed by atoms with van der Waals surface area (Å²) in [4.78, 5) is 26.7. The minimum absolute atomic E-state index is 0.101. The highest BCUT2D eigenvalue weighted by Gasteiger charge is 2.30. The molecule has 0 radical (unpaired) electrons. The third-order valence-corrected chi connectivity index (χ3v) is 7.46. The first-order chi connectivity index (χ1) is 16.2. The molecule has 2 aromatic carbocycles. The molecule has 10 heteroatoms. The predicted molar refractivity (Wildman–Crippen MR) is 130 cm³/mol. The number of hydrogen-bond acceptors (Lipinski definition) is 3. The van der Waals surface area contributed by atoms with E-state index in [0.29, 0.717) is 47.0 Å². The second kappa shape index (κ2) is 10.7. The fourth-order valence-electron chi connectivity index (χ4n) is 4.55. The van der Waals surface area contributed by atoms with Crippen LogP contribution in [0.4, 0.5) is 4.39 Å². The van der Waals surface area contributed by atoms with Crippen LogP contribution in [0, 0.1) is 11.7 Å². The molecule has 2 aliphatic rings. The number of carbonyl (C=O) groups excluding carboxylic acids is 2. The van der Waals surface area contributed by atoms with E-state index in [4.69, 9.17) is 27.8 Å². The third kappa shape index (κ3) is 5.97. The number of rotatable bonds is 7. The van der Waals surface area contributed by atoms with Crippen LogP contribution in [0.2, 0.25) is 10.0 Å². The average molecular weight is 527 g/mol. The molecule has 182 valence electrons. The molecule has 1 unspecified atom stereocenters. The highest BCUT2D eigenvalue weighted by atomic mass is 35.5. The van der Waals surface area contributed by atoms with E-state index in [1.54, 1.807) is 23.1 Å². The molecule has 0 bridgehead atoms. The molecule has 2 aromatic rings. The lowest BCUT2D eigenvalue weighted by Crippen LogP contribution is -2.38. The van der Waals surface area contributed by atoms with Gasteiger partial charge in [0.25, 0.3) is 23.1 Å². The Labute approximate surface area is 210 Å². The number of likely N-dealkylation sites (tertiary alicyclic amines) is 1. The first-order valence-electron chi connectivity index (χ1n) is 11.2. The second-order valence-corrected chi connectivity index (χ2v) is 10.4.